The lowest BCUT2D eigenvalue weighted by Crippen LogP contribution is -2.11. The fourth-order valence-electron chi connectivity index (χ4n) is 2.01. The summed E-state index contributed by atoms with van der Waals surface area (Å²) in [5.41, 5.74) is -0.365. The number of hydrogen-bond acceptors (Lipinski definition) is 4. The molecule has 0 atom stereocenters. The molecule has 0 aromatic heterocycles. The molecule has 0 bridgehead atoms. The largest absolute Gasteiger partial charge is 0.493 e. The molecule has 2 rings (SSSR count). The molecule has 8 heteroatoms. The Kier molecular flexibility index (Phi) is 6.30. The molecule has 2 aromatic rings. The summed E-state index contributed by atoms with van der Waals surface area (Å²) in [7, 11) is 1.43. The van der Waals surface area contributed by atoms with Crippen LogP contribution < -0.4 is 14.2 Å². The monoisotopic (exact) mass is 418 g/mol. The van der Waals surface area contributed by atoms with Crippen molar-refractivity contribution in [2.75, 3.05) is 20.3 Å². The second-order valence-electron chi connectivity index (χ2n) is 4.87. The van der Waals surface area contributed by atoms with Gasteiger partial charge < -0.3 is 14.2 Å². The highest BCUT2D eigenvalue weighted by Gasteiger charge is 2.30. The zero-order chi connectivity index (χ0) is 18.4. The second-order valence-corrected chi connectivity index (χ2v) is 5.73. The van der Waals surface area contributed by atoms with Gasteiger partial charge in [-0.05, 0) is 46.3 Å². The zero-order valence-corrected chi connectivity index (χ0v) is 14.7. The van der Waals surface area contributed by atoms with Crippen molar-refractivity contribution in [3.63, 3.8) is 0 Å². The summed E-state index contributed by atoms with van der Waals surface area (Å²) < 4.78 is 54.4. The lowest BCUT2D eigenvalue weighted by molar-refractivity contribution is -0.137. The lowest BCUT2D eigenvalue weighted by atomic mass is 10.2. The minimum atomic E-state index is -4.42. The van der Waals surface area contributed by atoms with Crippen molar-refractivity contribution in [1.82, 2.24) is 0 Å². The molecular formula is C17H14BrF3O4. The molecule has 0 unspecified atom stereocenters. The molecule has 0 radical (unpaired) electrons. The maximum Gasteiger partial charge on any atom is 0.416 e. The molecule has 0 saturated carbocycles. The van der Waals surface area contributed by atoms with Crippen LogP contribution in [0.15, 0.2) is 40.9 Å². The summed E-state index contributed by atoms with van der Waals surface area (Å²) in [6.45, 7) is 0.109. The van der Waals surface area contributed by atoms with Crippen molar-refractivity contribution in [3.8, 4) is 17.2 Å². The van der Waals surface area contributed by atoms with Gasteiger partial charge in [0.1, 0.15) is 25.2 Å². The second kappa shape index (κ2) is 8.24. The molecule has 0 amide bonds. The predicted molar refractivity (Wildman–Crippen MR) is 88.5 cm³/mol. The van der Waals surface area contributed by atoms with Crippen LogP contribution in [0.4, 0.5) is 13.2 Å². The summed E-state index contributed by atoms with van der Waals surface area (Å²) in [5, 5.41) is 0. The average Bonchev–Trinajstić information content (AvgIpc) is 2.58. The Morgan fingerprint density at radius 1 is 1.12 bits per heavy atom. The molecule has 0 aliphatic heterocycles. The number of rotatable bonds is 7. The summed E-state index contributed by atoms with van der Waals surface area (Å²) in [6.07, 6.45) is -3.75. The van der Waals surface area contributed by atoms with Crippen molar-refractivity contribution >= 4 is 22.2 Å². The van der Waals surface area contributed by atoms with Crippen LogP contribution in [0.1, 0.15) is 15.9 Å². The highest BCUT2D eigenvalue weighted by atomic mass is 79.9. The van der Waals surface area contributed by atoms with E-state index >= 15 is 0 Å². The highest BCUT2D eigenvalue weighted by molar-refractivity contribution is 9.10. The molecule has 0 heterocycles. The number of alkyl halides is 3. The van der Waals surface area contributed by atoms with Gasteiger partial charge in [0, 0.05) is 5.56 Å². The SMILES string of the molecule is COc1cc(C=O)cc(Br)c1OCCOc1cccc(C(F)(F)F)c1. The molecule has 0 saturated heterocycles. The summed E-state index contributed by atoms with van der Waals surface area (Å²) in [6, 6.07) is 7.69. The van der Waals surface area contributed by atoms with Crippen molar-refractivity contribution < 1.29 is 32.2 Å². The number of methoxy groups -OCH3 is 1. The maximum atomic E-state index is 12.6. The first kappa shape index (κ1) is 19.1. The van der Waals surface area contributed by atoms with Gasteiger partial charge in [-0.25, -0.2) is 0 Å². The van der Waals surface area contributed by atoms with Gasteiger partial charge >= 0.3 is 6.18 Å². The number of carbonyl (C=O) groups excluding carboxylic acids is 1. The number of carbonyl (C=O) groups is 1. The van der Waals surface area contributed by atoms with E-state index in [1.807, 2.05) is 0 Å². The van der Waals surface area contributed by atoms with Crippen LogP contribution in [0, 0.1) is 0 Å². The smallest absolute Gasteiger partial charge is 0.416 e. The van der Waals surface area contributed by atoms with E-state index in [9.17, 15) is 18.0 Å². The maximum absolute atomic E-state index is 12.6. The van der Waals surface area contributed by atoms with Crippen molar-refractivity contribution in [1.29, 1.82) is 0 Å². The summed E-state index contributed by atoms with van der Waals surface area (Å²) >= 11 is 3.28. The molecule has 2 aromatic carbocycles. The molecule has 4 nitrogen and oxygen atoms in total. The summed E-state index contributed by atoms with van der Waals surface area (Å²) in [5.74, 6) is 0.831. The van der Waals surface area contributed by atoms with Gasteiger partial charge in [-0.3, -0.25) is 4.79 Å². The number of halogens is 4. The third-order valence-corrected chi connectivity index (χ3v) is 3.74. The average molecular weight is 419 g/mol. The lowest BCUT2D eigenvalue weighted by Gasteiger charge is -2.14. The fourth-order valence-corrected chi connectivity index (χ4v) is 2.59. The minimum Gasteiger partial charge on any atom is -0.493 e. The van der Waals surface area contributed by atoms with Crippen LogP contribution in [0.5, 0.6) is 17.2 Å². The van der Waals surface area contributed by atoms with E-state index in [4.69, 9.17) is 14.2 Å². The molecule has 134 valence electrons. The van der Waals surface area contributed by atoms with Gasteiger partial charge in [0.15, 0.2) is 11.5 Å². The quantitative estimate of drug-likeness (QED) is 0.480. The Balaban J connectivity index is 1.97. The number of aldehydes is 1. The van der Waals surface area contributed by atoms with Crippen LogP contribution >= 0.6 is 15.9 Å². The topological polar surface area (TPSA) is 44.8 Å². The van der Waals surface area contributed by atoms with E-state index in [1.54, 1.807) is 6.07 Å². The van der Waals surface area contributed by atoms with E-state index in [2.05, 4.69) is 15.9 Å². The fraction of sp³-hybridized carbons (Fsp3) is 0.235. The highest BCUT2D eigenvalue weighted by Crippen LogP contribution is 2.36. The Hall–Kier alpha value is -2.22. The van der Waals surface area contributed by atoms with Crippen LogP contribution in [0.25, 0.3) is 0 Å². The van der Waals surface area contributed by atoms with E-state index in [0.717, 1.165) is 12.1 Å². The Morgan fingerprint density at radius 3 is 2.48 bits per heavy atom. The van der Waals surface area contributed by atoms with Crippen LogP contribution in [-0.4, -0.2) is 26.6 Å². The number of benzene rings is 2. The Labute approximate surface area is 150 Å². The van der Waals surface area contributed by atoms with Crippen molar-refractivity contribution in [3.05, 3.63) is 52.0 Å². The van der Waals surface area contributed by atoms with E-state index < -0.39 is 11.7 Å². The third kappa shape index (κ3) is 5.12. The van der Waals surface area contributed by atoms with Gasteiger partial charge in [-0.1, -0.05) is 6.07 Å². The summed E-state index contributed by atoms with van der Waals surface area (Å²) in [4.78, 5) is 10.8. The molecule has 0 spiro atoms. The van der Waals surface area contributed by atoms with Crippen LogP contribution in [-0.2, 0) is 6.18 Å². The third-order valence-electron chi connectivity index (χ3n) is 3.15. The van der Waals surface area contributed by atoms with E-state index in [-0.39, 0.29) is 19.0 Å². The molecule has 0 aliphatic rings. The van der Waals surface area contributed by atoms with Gasteiger partial charge in [0.05, 0.1) is 17.1 Å². The standard InChI is InChI=1S/C17H14BrF3O4/c1-23-15-8-11(10-22)7-14(18)16(15)25-6-5-24-13-4-2-3-12(9-13)17(19,20)21/h2-4,7-10H,5-6H2,1H3. The first-order valence-electron chi connectivity index (χ1n) is 7.10. The zero-order valence-electron chi connectivity index (χ0n) is 13.1. The minimum absolute atomic E-state index is 0.0341. The molecule has 0 aliphatic carbocycles. The first-order chi connectivity index (χ1) is 11.8. The van der Waals surface area contributed by atoms with Crippen molar-refractivity contribution in [2.45, 2.75) is 6.18 Å². The normalized spacial score (nSPS) is 11.1. The first-order valence-corrected chi connectivity index (χ1v) is 7.90. The predicted octanol–water partition coefficient (Wildman–Crippen LogP) is 4.75. The molecular weight excluding hydrogens is 405 g/mol. The van der Waals surface area contributed by atoms with Gasteiger partial charge in [0.25, 0.3) is 0 Å². The van der Waals surface area contributed by atoms with E-state index in [1.165, 1.54) is 25.3 Å². The Bertz CT molecular complexity index is 747. The van der Waals surface area contributed by atoms with Crippen LogP contribution in [0.3, 0.4) is 0 Å². The Morgan fingerprint density at radius 2 is 1.84 bits per heavy atom. The van der Waals surface area contributed by atoms with Crippen molar-refractivity contribution in [2.24, 2.45) is 0 Å². The van der Waals surface area contributed by atoms with E-state index in [0.29, 0.717) is 27.8 Å². The van der Waals surface area contributed by atoms with Gasteiger partial charge in [0.2, 0.25) is 0 Å². The van der Waals surface area contributed by atoms with Gasteiger partial charge in [-0.15, -0.1) is 0 Å². The molecule has 0 fully saturated rings. The molecule has 0 N–H and O–H groups in total. The van der Waals surface area contributed by atoms with Crippen LogP contribution in [0.2, 0.25) is 0 Å². The van der Waals surface area contributed by atoms with Gasteiger partial charge in [-0.2, -0.15) is 13.2 Å². The number of ether oxygens (including phenoxy) is 3. The number of hydrogen-bond donors (Lipinski definition) is 0. The molecule has 25 heavy (non-hydrogen) atoms.